The standard InChI is InChI=1S/C15H15F3N6O3/c1-8-2-3-9(24-7-19-21-22-24)4-12(8)20-14(27)23-5-10(13(25)26)11(6-23)15(16,17)18/h2-4,7,10-11H,5-6H2,1H3,(H,20,27)(H,25,26)/t10-,11-/m1/s1. The number of alkyl halides is 3. The van der Waals surface area contributed by atoms with Crippen molar-refractivity contribution in [3.63, 3.8) is 0 Å². The number of aliphatic carboxylic acids is 1. The van der Waals surface area contributed by atoms with Gasteiger partial charge in [0.2, 0.25) is 0 Å². The van der Waals surface area contributed by atoms with Crippen molar-refractivity contribution < 1.29 is 27.9 Å². The van der Waals surface area contributed by atoms with Crippen LogP contribution in [0.15, 0.2) is 24.5 Å². The van der Waals surface area contributed by atoms with Crippen LogP contribution < -0.4 is 5.32 Å². The minimum Gasteiger partial charge on any atom is -0.481 e. The largest absolute Gasteiger partial charge is 0.481 e. The first-order valence-electron chi connectivity index (χ1n) is 7.86. The zero-order chi connectivity index (χ0) is 19.8. The Morgan fingerprint density at radius 2 is 2.04 bits per heavy atom. The van der Waals surface area contributed by atoms with Gasteiger partial charge < -0.3 is 15.3 Å². The number of urea groups is 1. The first-order valence-corrected chi connectivity index (χ1v) is 7.86. The Bertz CT molecular complexity index is 855. The zero-order valence-corrected chi connectivity index (χ0v) is 14.0. The third kappa shape index (κ3) is 3.83. The molecular weight excluding hydrogens is 369 g/mol. The molecule has 2 N–H and O–H groups in total. The maximum atomic E-state index is 13.1. The van der Waals surface area contributed by atoms with Gasteiger partial charge in [-0.3, -0.25) is 4.79 Å². The molecule has 1 aliphatic rings. The fourth-order valence-corrected chi connectivity index (χ4v) is 2.91. The second kappa shape index (κ2) is 6.85. The highest BCUT2D eigenvalue weighted by molar-refractivity contribution is 5.91. The van der Waals surface area contributed by atoms with Gasteiger partial charge in [-0.05, 0) is 35.0 Å². The van der Waals surface area contributed by atoms with Crippen LogP contribution in [-0.2, 0) is 4.79 Å². The molecule has 0 aliphatic carbocycles. The molecule has 2 amide bonds. The van der Waals surface area contributed by atoms with E-state index in [1.807, 2.05) is 0 Å². The fourth-order valence-electron chi connectivity index (χ4n) is 2.91. The van der Waals surface area contributed by atoms with E-state index in [0.29, 0.717) is 16.9 Å². The summed E-state index contributed by atoms with van der Waals surface area (Å²) in [5.41, 5.74) is 1.57. The molecule has 144 valence electrons. The SMILES string of the molecule is Cc1ccc(-n2cnnn2)cc1NC(=O)N1C[C@@H](C(F)(F)F)[C@H](C(=O)O)C1. The molecule has 1 aromatic carbocycles. The van der Waals surface area contributed by atoms with Gasteiger partial charge in [-0.15, -0.1) is 5.10 Å². The summed E-state index contributed by atoms with van der Waals surface area (Å²) in [6.07, 6.45) is -3.35. The molecule has 27 heavy (non-hydrogen) atoms. The van der Waals surface area contributed by atoms with Crippen LogP contribution in [0.4, 0.5) is 23.7 Å². The summed E-state index contributed by atoms with van der Waals surface area (Å²) in [6.45, 7) is 0.483. The first-order chi connectivity index (χ1) is 12.7. The summed E-state index contributed by atoms with van der Waals surface area (Å²) in [5.74, 6) is -5.37. The smallest absolute Gasteiger partial charge is 0.394 e. The molecule has 0 spiro atoms. The second-order valence-corrected chi connectivity index (χ2v) is 6.18. The molecule has 1 fully saturated rings. The molecule has 2 atom stereocenters. The van der Waals surface area contributed by atoms with Crippen molar-refractivity contribution in [2.45, 2.75) is 13.1 Å². The van der Waals surface area contributed by atoms with Crippen LogP contribution in [0.5, 0.6) is 0 Å². The third-order valence-electron chi connectivity index (χ3n) is 4.42. The Hall–Kier alpha value is -3.18. The number of aromatic nitrogens is 4. The number of rotatable bonds is 3. The van der Waals surface area contributed by atoms with Gasteiger partial charge in [0, 0.05) is 18.8 Å². The second-order valence-electron chi connectivity index (χ2n) is 6.18. The molecule has 2 heterocycles. The monoisotopic (exact) mass is 384 g/mol. The highest BCUT2D eigenvalue weighted by atomic mass is 19.4. The van der Waals surface area contributed by atoms with E-state index >= 15 is 0 Å². The van der Waals surface area contributed by atoms with Gasteiger partial charge in [-0.25, -0.2) is 9.48 Å². The Balaban J connectivity index is 1.78. The lowest BCUT2D eigenvalue weighted by molar-refractivity contribution is -0.187. The number of carboxylic acids is 1. The number of amides is 2. The summed E-state index contributed by atoms with van der Waals surface area (Å²) in [6, 6.07) is 4.16. The molecule has 3 rings (SSSR count). The average molecular weight is 384 g/mol. The number of hydrogen-bond acceptors (Lipinski definition) is 5. The van der Waals surface area contributed by atoms with Crippen LogP contribution >= 0.6 is 0 Å². The molecular formula is C15H15F3N6O3. The number of halogens is 3. The lowest BCUT2D eigenvalue weighted by Gasteiger charge is -2.19. The number of hydrogen-bond donors (Lipinski definition) is 2. The van der Waals surface area contributed by atoms with Gasteiger partial charge in [0.05, 0.1) is 17.5 Å². The van der Waals surface area contributed by atoms with Crippen LogP contribution in [-0.4, -0.2) is 61.5 Å². The summed E-state index contributed by atoms with van der Waals surface area (Å²) in [5, 5.41) is 22.3. The molecule has 1 saturated heterocycles. The Kier molecular flexibility index (Phi) is 4.72. The van der Waals surface area contributed by atoms with E-state index in [1.165, 1.54) is 11.0 Å². The maximum absolute atomic E-state index is 13.1. The minimum absolute atomic E-state index is 0.357. The minimum atomic E-state index is -4.70. The van der Waals surface area contributed by atoms with Crippen molar-refractivity contribution in [3.8, 4) is 5.69 Å². The number of nitrogens with one attached hydrogen (secondary N) is 1. The number of benzene rings is 1. The molecule has 0 saturated carbocycles. The van der Waals surface area contributed by atoms with E-state index in [2.05, 4.69) is 20.8 Å². The van der Waals surface area contributed by atoms with Crippen LogP contribution in [0.25, 0.3) is 5.69 Å². The molecule has 0 unspecified atom stereocenters. The zero-order valence-electron chi connectivity index (χ0n) is 14.0. The van der Waals surface area contributed by atoms with E-state index in [-0.39, 0.29) is 0 Å². The van der Waals surface area contributed by atoms with E-state index in [1.54, 1.807) is 25.1 Å². The van der Waals surface area contributed by atoms with Crippen LogP contribution in [0.3, 0.4) is 0 Å². The van der Waals surface area contributed by atoms with Gasteiger partial charge in [-0.2, -0.15) is 13.2 Å². The van der Waals surface area contributed by atoms with Gasteiger partial charge in [0.25, 0.3) is 0 Å². The maximum Gasteiger partial charge on any atom is 0.394 e. The fraction of sp³-hybridized carbons (Fsp3) is 0.400. The summed E-state index contributed by atoms with van der Waals surface area (Å²) >= 11 is 0. The molecule has 0 bridgehead atoms. The normalized spacial score (nSPS) is 19.9. The molecule has 1 aliphatic heterocycles. The topological polar surface area (TPSA) is 113 Å². The number of aryl methyl sites for hydroxylation is 1. The Morgan fingerprint density at radius 3 is 2.59 bits per heavy atom. The number of carboxylic acid groups (broad SMARTS) is 1. The van der Waals surface area contributed by atoms with Crippen molar-refractivity contribution in [1.29, 1.82) is 0 Å². The Labute approximate surface area is 150 Å². The quantitative estimate of drug-likeness (QED) is 0.833. The summed E-state index contributed by atoms with van der Waals surface area (Å²) in [4.78, 5) is 24.4. The molecule has 9 nitrogen and oxygen atoms in total. The number of nitrogens with zero attached hydrogens (tertiary/aromatic N) is 5. The van der Waals surface area contributed by atoms with Crippen molar-refractivity contribution in [3.05, 3.63) is 30.1 Å². The number of tetrazole rings is 1. The van der Waals surface area contributed by atoms with Gasteiger partial charge in [-0.1, -0.05) is 6.07 Å². The lowest BCUT2D eigenvalue weighted by Crippen LogP contribution is -2.35. The van der Waals surface area contributed by atoms with Crippen molar-refractivity contribution >= 4 is 17.7 Å². The third-order valence-corrected chi connectivity index (χ3v) is 4.42. The van der Waals surface area contributed by atoms with Crippen LogP contribution in [0.2, 0.25) is 0 Å². The van der Waals surface area contributed by atoms with E-state index < -0.39 is 43.1 Å². The summed E-state index contributed by atoms with van der Waals surface area (Å²) < 4.78 is 40.5. The predicted octanol–water partition coefficient (Wildman–Crippen LogP) is 1.70. The van der Waals surface area contributed by atoms with E-state index in [0.717, 1.165) is 4.90 Å². The molecule has 0 radical (unpaired) electrons. The number of carbonyl (C=O) groups is 2. The van der Waals surface area contributed by atoms with Crippen molar-refractivity contribution in [2.75, 3.05) is 18.4 Å². The van der Waals surface area contributed by atoms with Crippen molar-refractivity contribution in [1.82, 2.24) is 25.1 Å². The molecule has 12 heteroatoms. The number of carbonyl (C=O) groups excluding carboxylic acids is 1. The highest BCUT2D eigenvalue weighted by Crippen LogP contribution is 2.38. The number of likely N-dealkylation sites (tertiary alicyclic amines) is 1. The Morgan fingerprint density at radius 1 is 1.30 bits per heavy atom. The lowest BCUT2D eigenvalue weighted by atomic mass is 9.96. The van der Waals surface area contributed by atoms with E-state index in [4.69, 9.17) is 5.11 Å². The van der Waals surface area contributed by atoms with Crippen LogP contribution in [0, 0.1) is 18.8 Å². The predicted molar refractivity (Wildman–Crippen MR) is 85.2 cm³/mol. The van der Waals surface area contributed by atoms with Gasteiger partial charge >= 0.3 is 18.2 Å². The number of anilines is 1. The van der Waals surface area contributed by atoms with Gasteiger partial charge in [0.1, 0.15) is 6.33 Å². The van der Waals surface area contributed by atoms with E-state index in [9.17, 15) is 22.8 Å². The molecule has 1 aromatic heterocycles. The van der Waals surface area contributed by atoms with Gasteiger partial charge in [0.15, 0.2) is 0 Å². The van der Waals surface area contributed by atoms with Crippen molar-refractivity contribution in [2.24, 2.45) is 11.8 Å². The highest BCUT2D eigenvalue weighted by Gasteiger charge is 2.53. The molecule has 2 aromatic rings. The summed E-state index contributed by atoms with van der Waals surface area (Å²) in [7, 11) is 0. The van der Waals surface area contributed by atoms with Crippen LogP contribution in [0.1, 0.15) is 5.56 Å². The first kappa shape index (κ1) is 18.6. The average Bonchev–Trinajstić information content (AvgIpc) is 3.26.